The van der Waals surface area contributed by atoms with Crippen LogP contribution < -0.4 is 0 Å². The summed E-state index contributed by atoms with van der Waals surface area (Å²) in [5.41, 5.74) is 0.347. The molecule has 0 fully saturated rings. The Bertz CT molecular complexity index is 282. The maximum atomic E-state index is 8.93. The molecule has 0 aliphatic rings. The normalized spacial score (nSPS) is 14.7. The number of hydrogen-bond acceptors (Lipinski definition) is 2. The molecule has 1 unspecified atom stereocenters. The van der Waals surface area contributed by atoms with E-state index in [4.69, 9.17) is 5.26 Å². The Hall–Kier alpha value is -1.12. The molecule has 1 rings (SSSR count). The standard InChI is InChI=1S/C12H16O2/c1-3-4-10-12(2,14-13)11-8-6-5-7-9-11/h3,5-9,13H,1,4,10H2,2H3. The van der Waals surface area contributed by atoms with Crippen molar-refractivity contribution in [1.82, 2.24) is 0 Å². The van der Waals surface area contributed by atoms with Crippen LogP contribution in [0, 0.1) is 0 Å². The van der Waals surface area contributed by atoms with Crippen LogP contribution in [-0.4, -0.2) is 5.26 Å². The molecular weight excluding hydrogens is 176 g/mol. The minimum Gasteiger partial charge on any atom is -0.251 e. The third kappa shape index (κ3) is 2.44. The van der Waals surface area contributed by atoms with Gasteiger partial charge in [0.15, 0.2) is 0 Å². The van der Waals surface area contributed by atoms with E-state index in [0.29, 0.717) is 0 Å². The maximum Gasteiger partial charge on any atom is 0.126 e. The van der Waals surface area contributed by atoms with Crippen molar-refractivity contribution in [3.05, 3.63) is 48.6 Å². The van der Waals surface area contributed by atoms with Crippen molar-refractivity contribution in [1.29, 1.82) is 0 Å². The molecule has 0 radical (unpaired) electrons. The lowest BCUT2D eigenvalue weighted by Crippen LogP contribution is -2.24. The average molecular weight is 192 g/mol. The van der Waals surface area contributed by atoms with Gasteiger partial charge in [-0.25, -0.2) is 4.89 Å². The first kappa shape index (κ1) is 11.0. The summed E-state index contributed by atoms with van der Waals surface area (Å²) in [4.78, 5) is 4.58. The molecule has 14 heavy (non-hydrogen) atoms. The van der Waals surface area contributed by atoms with Crippen LogP contribution in [-0.2, 0) is 10.5 Å². The van der Waals surface area contributed by atoms with Gasteiger partial charge < -0.3 is 0 Å². The van der Waals surface area contributed by atoms with E-state index in [9.17, 15) is 0 Å². The number of hydrogen-bond donors (Lipinski definition) is 1. The maximum absolute atomic E-state index is 8.93. The smallest absolute Gasteiger partial charge is 0.126 e. The molecule has 1 atom stereocenters. The SMILES string of the molecule is C=CCCC(C)(OO)c1ccccc1. The third-order valence-electron chi connectivity index (χ3n) is 2.41. The van der Waals surface area contributed by atoms with Gasteiger partial charge in [0.2, 0.25) is 0 Å². The van der Waals surface area contributed by atoms with E-state index in [0.717, 1.165) is 18.4 Å². The van der Waals surface area contributed by atoms with Gasteiger partial charge in [-0.2, -0.15) is 0 Å². The van der Waals surface area contributed by atoms with Crippen molar-refractivity contribution in [3.63, 3.8) is 0 Å². The lowest BCUT2D eigenvalue weighted by Gasteiger charge is -2.25. The summed E-state index contributed by atoms with van der Waals surface area (Å²) < 4.78 is 0. The van der Waals surface area contributed by atoms with Crippen LogP contribution in [0.1, 0.15) is 25.3 Å². The van der Waals surface area contributed by atoms with Crippen molar-refractivity contribution < 1.29 is 10.1 Å². The van der Waals surface area contributed by atoms with Gasteiger partial charge in [-0.1, -0.05) is 36.4 Å². The monoisotopic (exact) mass is 192 g/mol. The lowest BCUT2D eigenvalue weighted by atomic mass is 9.91. The summed E-state index contributed by atoms with van der Waals surface area (Å²) in [5, 5.41) is 8.93. The van der Waals surface area contributed by atoms with Gasteiger partial charge >= 0.3 is 0 Å². The Balaban J connectivity index is 2.84. The van der Waals surface area contributed by atoms with Crippen LogP contribution in [0.15, 0.2) is 43.0 Å². The van der Waals surface area contributed by atoms with E-state index in [1.807, 2.05) is 43.3 Å². The molecule has 0 saturated heterocycles. The van der Waals surface area contributed by atoms with Crippen molar-refractivity contribution >= 4 is 0 Å². The number of benzene rings is 1. The van der Waals surface area contributed by atoms with Crippen molar-refractivity contribution in [2.24, 2.45) is 0 Å². The Kier molecular flexibility index (Phi) is 3.86. The first-order chi connectivity index (χ1) is 6.73. The summed E-state index contributed by atoms with van der Waals surface area (Å²) in [6, 6.07) is 9.69. The molecule has 0 aliphatic carbocycles. The van der Waals surface area contributed by atoms with Crippen molar-refractivity contribution in [3.8, 4) is 0 Å². The predicted molar refractivity (Wildman–Crippen MR) is 56.9 cm³/mol. The van der Waals surface area contributed by atoms with E-state index in [2.05, 4.69) is 11.5 Å². The molecule has 0 amide bonds. The van der Waals surface area contributed by atoms with E-state index < -0.39 is 5.60 Å². The topological polar surface area (TPSA) is 29.5 Å². The second-order valence-corrected chi connectivity index (χ2v) is 3.52. The quantitative estimate of drug-likeness (QED) is 0.440. The Morgan fingerprint density at radius 2 is 2.07 bits per heavy atom. The average Bonchev–Trinajstić information content (AvgIpc) is 2.27. The van der Waals surface area contributed by atoms with Crippen LogP contribution in [0.2, 0.25) is 0 Å². The highest BCUT2D eigenvalue weighted by atomic mass is 17.1. The zero-order valence-electron chi connectivity index (χ0n) is 8.44. The van der Waals surface area contributed by atoms with Crippen molar-refractivity contribution in [2.75, 3.05) is 0 Å². The number of allylic oxidation sites excluding steroid dienone is 1. The fourth-order valence-corrected chi connectivity index (χ4v) is 1.41. The van der Waals surface area contributed by atoms with E-state index in [-0.39, 0.29) is 0 Å². The van der Waals surface area contributed by atoms with Crippen LogP contribution >= 0.6 is 0 Å². The van der Waals surface area contributed by atoms with Crippen LogP contribution in [0.25, 0.3) is 0 Å². The zero-order valence-corrected chi connectivity index (χ0v) is 8.44. The van der Waals surface area contributed by atoms with Gasteiger partial charge in [0.25, 0.3) is 0 Å². The minimum atomic E-state index is -0.630. The Labute approximate surface area is 84.8 Å². The molecule has 1 N–H and O–H groups in total. The largest absolute Gasteiger partial charge is 0.251 e. The fraction of sp³-hybridized carbons (Fsp3) is 0.333. The van der Waals surface area contributed by atoms with Gasteiger partial charge in [-0.3, -0.25) is 5.26 Å². The summed E-state index contributed by atoms with van der Waals surface area (Å²) in [7, 11) is 0. The molecule has 0 bridgehead atoms. The van der Waals surface area contributed by atoms with Crippen LogP contribution in [0.4, 0.5) is 0 Å². The zero-order chi connectivity index (χ0) is 10.4. The van der Waals surface area contributed by atoms with Crippen LogP contribution in [0.3, 0.4) is 0 Å². The first-order valence-corrected chi connectivity index (χ1v) is 4.72. The van der Waals surface area contributed by atoms with E-state index in [1.54, 1.807) is 0 Å². The third-order valence-corrected chi connectivity index (χ3v) is 2.41. The molecule has 2 nitrogen and oxygen atoms in total. The summed E-state index contributed by atoms with van der Waals surface area (Å²) in [6.45, 7) is 5.52. The molecule has 76 valence electrons. The second kappa shape index (κ2) is 4.94. The molecule has 0 aromatic heterocycles. The first-order valence-electron chi connectivity index (χ1n) is 4.72. The highest BCUT2D eigenvalue weighted by Gasteiger charge is 2.26. The summed E-state index contributed by atoms with van der Waals surface area (Å²) in [5.74, 6) is 0. The van der Waals surface area contributed by atoms with Gasteiger partial charge in [0.05, 0.1) is 0 Å². The molecule has 0 saturated carbocycles. The molecular formula is C12H16O2. The van der Waals surface area contributed by atoms with E-state index >= 15 is 0 Å². The van der Waals surface area contributed by atoms with Gasteiger partial charge in [0, 0.05) is 0 Å². The molecule has 0 heterocycles. The lowest BCUT2D eigenvalue weighted by molar-refractivity contribution is -0.325. The molecule has 2 heteroatoms. The predicted octanol–water partition coefficient (Wildman–Crippen LogP) is 3.36. The van der Waals surface area contributed by atoms with Gasteiger partial charge in [-0.15, -0.1) is 6.58 Å². The van der Waals surface area contributed by atoms with E-state index in [1.165, 1.54) is 0 Å². The highest BCUT2D eigenvalue weighted by molar-refractivity contribution is 5.21. The highest BCUT2D eigenvalue weighted by Crippen LogP contribution is 2.29. The molecule has 0 spiro atoms. The second-order valence-electron chi connectivity index (χ2n) is 3.52. The molecule has 1 aromatic rings. The van der Waals surface area contributed by atoms with Gasteiger partial charge in [0.1, 0.15) is 5.60 Å². The Morgan fingerprint density at radius 3 is 2.57 bits per heavy atom. The number of rotatable bonds is 5. The summed E-state index contributed by atoms with van der Waals surface area (Å²) in [6.07, 6.45) is 3.35. The minimum absolute atomic E-state index is 0.630. The molecule has 1 aromatic carbocycles. The Morgan fingerprint density at radius 1 is 1.43 bits per heavy atom. The van der Waals surface area contributed by atoms with Gasteiger partial charge in [-0.05, 0) is 25.3 Å². The van der Waals surface area contributed by atoms with Crippen molar-refractivity contribution in [2.45, 2.75) is 25.4 Å². The molecule has 0 aliphatic heterocycles. The van der Waals surface area contributed by atoms with Crippen LogP contribution in [0.5, 0.6) is 0 Å². The summed E-state index contributed by atoms with van der Waals surface area (Å²) >= 11 is 0. The fourth-order valence-electron chi connectivity index (χ4n) is 1.41.